The van der Waals surface area contributed by atoms with E-state index in [1.54, 1.807) is 42.5 Å². The Bertz CT molecular complexity index is 1040. The van der Waals surface area contributed by atoms with Crippen LogP contribution in [0.15, 0.2) is 45.8 Å². The van der Waals surface area contributed by atoms with Gasteiger partial charge in [-0.3, -0.25) is 15.0 Å². The van der Waals surface area contributed by atoms with Gasteiger partial charge < -0.3 is 24.8 Å². The Balaban J connectivity index is 1.72. The minimum Gasteiger partial charge on any atom is -0.495 e. The number of benzene rings is 2. The third-order valence-corrected chi connectivity index (χ3v) is 5.49. The maximum atomic E-state index is 12.3. The molecule has 2 aromatic rings. The first kappa shape index (κ1) is 21.7. The first-order chi connectivity index (χ1) is 14.4. The molecule has 0 aromatic heterocycles. The fourth-order valence-electron chi connectivity index (χ4n) is 2.59. The Morgan fingerprint density at radius 2 is 1.93 bits per heavy atom. The molecule has 10 heteroatoms. The molecule has 0 spiro atoms. The van der Waals surface area contributed by atoms with Gasteiger partial charge in [-0.2, -0.15) is 0 Å². The van der Waals surface area contributed by atoms with E-state index in [0.29, 0.717) is 37.9 Å². The average molecular weight is 492 g/mol. The highest BCUT2D eigenvalue weighted by molar-refractivity contribution is 9.10. The van der Waals surface area contributed by atoms with Crippen molar-refractivity contribution in [1.82, 2.24) is 5.32 Å². The van der Waals surface area contributed by atoms with Crippen LogP contribution in [0.1, 0.15) is 5.56 Å². The second-order valence-corrected chi connectivity index (χ2v) is 7.86. The van der Waals surface area contributed by atoms with Crippen molar-refractivity contribution >= 4 is 56.4 Å². The SMILES string of the molecule is COc1ccccc1NC(=O)COc1cc(Br)c(/C=C2/SC(=N)NC2=O)cc1OC. The minimum atomic E-state index is -0.360. The summed E-state index contributed by atoms with van der Waals surface area (Å²) in [5, 5.41) is 12.8. The summed E-state index contributed by atoms with van der Waals surface area (Å²) in [6.07, 6.45) is 1.65. The van der Waals surface area contributed by atoms with E-state index in [9.17, 15) is 9.59 Å². The molecule has 0 radical (unpaired) electrons. The van der Waals surface area contributed by atoms with Crippen LogP contribution < -0.4 is 24.8 Å². The Hall–Kier alpha value is -2.98. The largest absolute Gasteiger partial charge is 0.495 e. The molecule has 1 aliphatic heterocycles. The summed E-state index contributed by atoms with van der Waals surface area (Å²) in [4.78, 5) is 24.5. The second kappa shape index (κ2) is 9.68. The zero-order valence-electron chi connectivity index (χ0n) is 16.1. The van der Waals surface area contributed by atoms with Crippen molar-refractivity contribution in [3.8, 4) is 17.2 Å². The molecule has 0 saturated carbocycles. The molecular weight excluding hydrogens is 474 g/mol. The number of halogens is 1. The number of ether oxygens (including phenoxy) is 3. The molecule has 0 bridgehead atoms. The molecule has 1 aliphatic rings. The van der Waals surface area contributed by atoms with Crippen molar-refractivity contribution in [3.63, 3.8) is 0 Å². The van der Waals surface area contributed by atoms with Crippen LogP contribution >= 0.6 is 27.7 Å². The van der Waals surface area contributed by atoms with Crippen molar-refractivity contribution < 1.29 is 23.8 Å². The van der Waals surface area contributed by atoms with E-state index in [2.05, 4.69) is 26.6 Å². The van der Waals surface area contributed by atoms with Crippen molar-refractivity contribution in [2.24, 2.45) is 0 Å². The quantitative estimate of drug-likeness (QED) is 0.510. The predicted octanol–water partition coefficient (Wildman–Crippen LogP) is 3.62. The number of carbonyl (C=O) groups is 2. The Morgan fingerprint density at radius 1 is 1.20 bits per heavy atom. The molecule has 3 rings (SSSR count). The smallest absolute Gasteiger partial charge is 0.264 e. The molecule has 1 heterocycles. The Morgan fingerprint density at radius 3 is 2.60 bits per heavy atom. The molecule has 8 nitrogen and oxygen atoms in total. The number of para-hydroxylation sites is 2. The number of thioether (sulfide) groups is 1. The molecule has 0 atom stereocenters. The van der Waals surface area contributed by atoms with Gasteiger partial charge in [0.2, 0.25) is 0 Å². The Kier molecular flexibility index (Phi) is 7.01. The summed E-state index contributed by atoms with van der Waals surface area (Å²) in [5.41, 5.74) is 1.21. The summed E-state index contributed by atoms with van der Waals surface area (Å²) < 4.78 is 16.9. The maximum absolute atomic E-state index is 12.3. The van der Waals surface area contributed by atoms with E-state index in [0.717, 1.165) is 11.8 Å². The number of nitrogens with one attached hydrogen (secondary N) is 3. The molecule has 30 heavy (non-hydrogen) atoms. The molecule has 1 fully saturated rings. The number of rotatable bonds is 7. The Labute approximate surface area is 185 Å². The first-order valence-corrected chi connectivity index (χ1v) is 10.2. The second-order valence-electron chi connectivity index (χ2n) is 5.96. The number of methoxy groups -OCH3 is 2. The monoisotopic (exact) mass is 491 g/mol. The van der Waals surface area contributed by atoms with Crippen LogP contribution in [0.25, 0.3) is 6.08 Å². The lowest BCUT2D eigenvalue weighted by Crippen LogP contribution is -2.20. The summed E-state index contributed by atoms with van der Waals surface area (Å²) in [5.74, 6) is 0.614. The molecule has 156 valence electrons. The van der Waals surface area contributed by atoms with Crippen LogP contribution in [-0.4, -0.2) is 37.8 Å². The van der Waals surface area contributed by atoms with Gasteiger partial charge in [0.1, 0.15) is 5.75 Å². The van der Waals surface area contributed by atoms with Gasteiger partial charge >= 0.3 is 0 Å². The third-order valence-electron chi connectivity index (χ3n) is 3.97. The van der Waals surface area contributed by atoms with Crippen molar-refractivity contribution in [2.75, 3.05) is 26.1 Å². The number of carbonyl (C=O) groups excluding carboxylic acids is 2. The van der Waals surface area contributed by atoms with Crippen molar-refractivity contribution in [3.05, 3.63) is 51.3 Å². The fourth-order valence-corrected chi connectivity index (χ4v) is 3.72. The highest BCUT2D eigenvalue weighted by Crippen LogP contribution is 2.36. The zero-order valence-corrected chi connectivity index (χ0v) is 18.5. The van der Waals surface area contributed by atoms with Gasteiger partial charge in [0.15, 0.2) is 23.3 Å². The first-order valence-electron chi connectivity index (χ1n) is 8.64. The van der Waals surface area contributed by atoms with E-state index in [1.165, 1.54) is 14.2 Å². The minimum absolute atomic E-state index is 0.0790. The molecule has 2 aromatic carbocycles. The predicted molar refractivity (Wildman–Crippen MR) is 119 cm³/mol. The number of hydrogen-bond acceptors (Lipinski definition) is 7. The van der Waals surface area contributed by atoms with E-state index < -0.39 is 0 Å². The van der Waals surface area contributed by atoms with E-state index in [4.69, 9.17) is 19.6 Å². The van der Waals surface area contributed by atoms with Gasteiger partial charge in [0, 0.05) is 4.47 Å². The summed E-state index contributed by atoms with van der Waals surface area (Å²) in [7, 11) is 3.01. The number of anilines is 1. The van der Waals surface area contributed by atoms with Crippen molar-refractivity contribution in [2.45, 2.75) is 0 Å². The van der Waals surface area contributed by atoms with E-state index >= 15 is 0 Å². The van der Waals surface area contributed by atoms with Crippen LogP contribution in [0.5, 0.6) is 17.2 Å². The van der Waals surface area contributed by atoms with Crippen LogP contribution in [0.3, 0.4) is 0 Å². The van der Waals surface area contributed by atoms with E-state index in [-0.39, 0.29) is 23.6 Å². The van der Waals surface area contributed by atoms with E-state index in [1.807, 2.05) is 0 Å². The zero-order chi connectivity index (χ0) is 21.7. The number of amides is 2. The fraction of sp³-hybridized carbons (Fsp3) is 0.150. The lowest BCUT2D eigenvalue weighted by molar-refractivity contribution is -0.118. The molecule has 2 amide bonds. The molecule has 0 aliphatic carbocycles. The van der Waals surface area contributed by atoms with Gasteiger partial charge in [-0.15, -0.1) is 0 Å². The summed E-state index contributed by atoms with van der Waals surface area (Å²) >= 11 is 4.48. The standard InChI is InChI=1S/C20H18BrN3O5S/c1-27-14-6-4-3-5-13(14)23-18(25)10-29-16-9-12(21)11(7-15(16)28-2)8-17-19(26)24-20(22)30-17/h3-9H,10H2,1-2H3,(H,23,25)(H2,22,24,26)/b17-8+. The third kappa shape index (κ3) is 5.14. The van der Waals surface area contributed by atoms with Crippen LogP contribution in [-0.2, 0) is 9.59 Å². The van der Waals surface area contributed by atoms with Gasteiger partial charge in [-0.25, -0.2) is 0 Å². The number of hydrogen-bond donors (Lipinski definition) is 3. The van der Waals surface area contributed by atoms with Crippen molar-refractivity contribution in [1.29, 1.82) is 5.41 Å². The normalized spacial score (nSPS) is 14.4. The molecule has 0 unspecified atom stereocenters. The number of amidine groups is 1. The van der Waals surface area contributed by atoms with Crippen LogP contribution in [0.4, 0.5) is 5.69 Å². The van der Waals surface area contributed by atoms with Crippen LogP contribution in [0.2, 0.25) is 0 Å². The molecule has 1 saturated heterocycles. The maximum Gasteiger partial charge on any atom is 0.264 e. The highest BCUT2D eigenvalue weighted by atomic mass is 79.9. The highest BCUT2D eigenvalue weighted by Gasteiger charge is 2.23. The van der Waals surface area contributed by atoms with Gasteiger partial charge in [0.25, 0.3) is 11.8 Å². The summed E-state index contributed by atoms with van der Waals surface area (Å²) in [6, 6.07) is 10.4. The van der Waals surface area contributed by atoms with Gasteiger partial charge in [-0.05, 0) is 47.7 Å². The lowest BCUT2D eigenvalue weighted by atomic mass is 10.2. The molecule has 3 N–H and O–H groups in total. The molecular formula is C20H18BrN3O5S. The van der Waals surface area contributed by atoms with Gasteiger partial charge in [0.05, 0.1) is 24.8 Å². The lowest BCUT2D eigenvalue weighted by Gasteiger charge is -2.14. The summed E-state index contributed by atoms with van der Waals surface area (Å²) in [6.45, 7) is -0.239. The van der Waals surface area contributed by atoms with Crippen LogP contribution in [0, 0.1) is 5.41 Å². The average Bonchev–Trinajstić information content (AvgIpc) is 3.05. The van der Waals surface area contributed by atoms with Gasteiger partial charge in [-0.1, -0.05) is 28.1 Å². The topological polar surface area (TPSA) is 110 Å².